The number of nitrogens with zero attached hydrogens (tertiary/aromatic N) is 4. The minimum atomic E-state index is -0.309. The number of benzene rings is 5. The molecule has 0 bridgehead atoms. The van der Waals surface area contributed by atoms with Gasteiger partial charge in [0, 0.05) is 62.6 Å². The number of hydrogen-bond acceptors (Lipinski definition) is 7. The number of ketones is 3. The summed E-state index contributed by atoms with van der Waals surface area (Å²) in [5.41, 5.74) is 5.45. The Hall–Kier alpha value is -7.00. The van der Waals surface area contributed by atoms with Gasteiger partial charge < -0.3 is 9.47 Å². The first-order chi connectivity index (χ1) is 25.4. The highest BCUT2D eigenvalue weighted by molar-refractivity contribution is 8.03. The fourth-order valence-electron chi connectivity index (χ4n) is 7.31. The Balaban J connectivity index is 1.13. The van der Waals surface area contributed by atoms with Crippen molar-refractivity contribution in [2.75, 3.05) is 11.9 Å². The maximum absolute atomic E-state index is 14.1. The number of thioether (sulfide) groups is 1. The van der Waals surface area contributed by atoms with Crippen LogP contribution in [0.1, 0.15) is 42.2 Å². The molecule has 2 heterocycles. The van der Waals surface area contributed by atoms with Crippen molar-refractivity contribution < 1.29 is 14.4 Å². The first-order valence-corrected chi connectivity index (χ1v) is 17.3. The van der Waals surface area contributed by atoms with E-state index in [0.29, 0.717) is 39.1 Å². The third-order valence-electron chi connectivity index (χ3n) is 9.85. The quantitative estimate of drug-likeness (QED) is 0.104. The number of nitriles is 2. The molecule has 244 valence electrons. The van der Waals surface area contributed by atoms with Gasteiger partial charge in [-0.05, 0) is 77.0 Å². The smallest absolute Gasteiger partial charge is 0.197 e. The lowest BCUT2D eigenvalue weighted by atomic mass is 9.99. The van der Waals surface area contributed by atoms with Crippen LogP contribution in [0.25, 0.3) is 39.0 Å². The van der Waals surface area contributed by atoms with Gasteiger partial charge in [0.25, 0.3) is 0 Å². The maximum atomic E-state index is 14.1. The Morgan fingerprint density at radius 3 is 2.04 bits per heavy atom. The van der Waals surface area contributed by atoms with Crippen LogP contribution < -0.4 is 4.90 Å². The standard InChI is InChI=1S/C44H24N4O3S/c1-47-38-12-6-7-13-39(38)52-40(47)17-16-32-41(28(22-45)23-46)31-15-14-29(21-35(31)42(32)49)48-24-27(30-10-4-5-11-37(30)48)20-36-43(50)33-18-25-8-2-3-9-26(25)19-34(33)44(36)51/h2-21,24H,1H3/b32-16+,40-17-. The van der Waals surface area contributed by atoms with Crippen molar-refractivity contribution in [1.82, 2.24) is 4.57 Å². The monoisotopic (exact) mass is 688 g/mol. The molecule has 6 aromatic rings. The molecule has 0 spiro atoms. The number of hydrogen-bond donors (Lipinski definition) is 0. The second-order valence-electron chi connectivity index (χ2n) is 12.7. The van der Waals surface area contributed by atoms with E-state index in [4.69, 9.17) is 0 Å². The highest BCUT2D eigenvalue weighted by atomic mass is 32.2. The SMILES string of the molecule is CN1/C(=C/C=C2/C(=O)c3cc(-n4cc(C=C5C(=O)c6cc7ccccc7cc6C5=O)c5ccccc54)ccc3C2=C(C#N)C#N)Sc2ccccc21. The predicted molar refractivity (Wildman–Crippen MR) is 203 cm³/mol. The number of fused-ring (bicyclic) bond motifs is 5. The van der Waals surface area contributed by atoms with Gasteiger partial charge in [-0.15, -0.1) is 0 Å². The molecular formula is C44H24N4O3S. The Labute approximate surface area is 302 Å². The fourth-order valence-corrected chi connectivity index (χ4v) is 8.36. The number of rotatable bonds is 3. The van der Waals surface area contributed by atoms with E-state index in [-0.39, 0.29) is 34.1 Å². The molecule has 0 N–H and O–H groups in total. The molecule has 0 saturated carbocycles. The van der Waals surface area contributed by atoms with Crippen LogP contribution >= 0.6 is 11.8 Å². The number of carbonyl (C=O) groups is 3. The number of Topliss-reactive ketones (excluding diaryl/α,β-unsaturated/α-hetero) is 3. The molecule has 7 nitrogen and oxygen atoms in total. The van der Waals surface area contributed by atoms with Crippen LogP contribution in [-0.4, -0.2) is 29.0 Å². The van der Waals surface area contributed by atoms with Gasteiger partial charge in [0.1, 0.15) is 17.7 Å². The van der Waals surface area contributed by atoms with Gasteiger partial charge in [-0.25, -0.2) is 0 Å². The summed E-state index contributed by atoms with van der Waals surface area (Å²) in [5, 5.41) is 23.4. The van der Waals surface area contributed by atoms with Gasteiger partial charge in [0.05, 0.1) is 21.8 Å². The number of aromatic nitrogens is 1. The van der Waals surface area contributed by atoms with Crippen molar-refractivity contribution in [3.63, 3.8) is 0 Å². The van der Waals surface area contributed by atoms with Crippen LogP contribution in [0, 0.1) is 22.7 Å². The first-order valence-electron chi connectivity index (χ1n) is 16.5. The summed E-state index contributed by atoms with van der Waals surface area (Å²) in [7, 11) is 1.96. The molecule has 8 heteroatoms. The summed E-state index contributed by atoms with van der Waals surface area (Å²) in [6.07, 6.45) is 7.06. The zero-order chi connectivity index (χ0) is 35.7. The lowest BCUT2D eigenvalue weighted by molar-refractivity contribution is 0.0988. The van der Waals surface area contributed by atoms with Gasteiger partial charge >= 0.3 is 0 Å². The minimum absolute atomic E-state index is 0.103. The maximum Gasteiger partial charge on any atom is 0.197 e. The summed E-state index contributed by atoms with van der Waals surface area (Å²) >= 11 is 1.58. The highest BCUT2D eigenvalue weighted by Crippen LogP contribution is 2.46. The second-order valence-corrected chi connectivity index (χ2v) is 13.7. The van der Waals surface area contributed by atoms with Crippen LogP contribution in [0.5, 0.6) is 0 Å². The zero-order valence-corrected chi connectivity index (χ0v) is 28.4. The third kappa shape index (κ3) is 4.63. The van der Waals surface area contributed by atoms with E-state index in [2.05, 4.69) is 0 Å². The van der Waals surface area contributed by atoms with E-state index in [0.717, 1.165) is 37.3 Å². The molecule has 1 aromatic heterocycles. The molecule has 1 aliphatic heterocycles. The number of carbonyl (C=O) groups excluding carboxylic acids is 3. The lowest BCUT2D eigenvalue weighted by Gasteiger charge is -2.12. The molecule has 0 atom stereocenters. The van der Waals surface area contributed by atoms with Gasteiger partial charge in [-0.1, -0.05) is 72.4 Å². The topological polar surface area (TPSA) is 107 Å². The minimum Gasteiger partial charge on any atom is -0.338 e. The molecule has 3 aliphatic rings. The van der Waals surface area contributed by atoms with Gasteiger partial charge in [-0.2, -0.15) is 10.5 Å². The molecule has 9 rings (SSSR count). The van der Waals surface area contributed by atoms with Gasteiger partial charge in [-0.3, -0.25) is 14.4 Å². The van der Waals surface area contributed by atoms with E-state index in [1.807, 2.05) is 120 Å². The van der Waals surface area contributed by atoms with Crippen molar-refractivity contribution in [1.29, 1.82) is 10.5 Å². The highest BCUT2D eigenvalue weighted by Gasteiger charge is 2.35. The molecule has 0 amide bonds. The van der Waals surface area contributed by atoms with E-state index in [1.165, 1.54) is 0 Å². The average molecular weight is 689 g/mol. The molecule has 0 radical (unpaired) electrons. The number of para-hydroxylation sites is 2. The molecule has 0 fully saturated rings. The van der Waals surface area contributed by atoms with Crippen LogP contribution in [0.2, 0.25) is 0 Å². The molecule has 0 saturated heterocycles. The number of anilines is 1. The summed E-state index contributed by atoms with van der Waals surface area (Å²) in [4.78, 5) is 44.5. The normalized spacial score (nSPS) is 16.1. The Bertz CT molecular complexity index is 2800. The van der Waals surface area contributed by atoms with Crippen LogP contribution in [0.4, 0.5) is 5.69 Å². The lowest BCUT2D eigenvalue weighted by Crippen LogP contribution is -2.09. The van der Waals surface area contributed by atoms with Gasteiger partial charge in [0.2, 0.25) is 0 Å². The van der Waals surface area contributed by atoms with Crippen molar-refractivity contribution in [3.8, 4) is 17.8 Å². The largest absolute Gasteiger partial charge is 0.338 e. The summed E-state index contributed by atoms with van der Waals surface area (Å²) < 4.78 is 1.92. The molecule has 0 unspecified atom stereocenters. The second kappa shape index (κ2) is 11.8. The van der Waals surface area contributed by atoms with Crippen LogP contribution in [0.15, 0.2) is 148 Å². The van der Waals surface area contributed by atoms with Crippen molar-refractivity contribution in [2.24, 2.45) is 0 Å². The van der Waals surface area contributed by atoms with Crippen molar-refractivity contribution >= 4 is 68.1 Å². The van der Waals surface area contributed by atoms with Crippen molar-refractivity contribution in [3.05, 3.63) is 171 Å². The van der Waals surface area contributed by atoms with Crippen LogP contribution in [0.3, 0.4) is 0 Å². The molecule has 2 aliphatic carbocycles. The van der Waals surface area contributed by atoms with Crippen LogP contribution in [-0.2, 0) is 0 Å². The first kappa shape index (κ1) is 31.0. The van der Waals surface area contributed by atoms with E-state index < -0.39 is 0 Å². The third-order valence-corrected chi connectivity index (χ3v) is 11.0. The average Bonchev–Trinajstić information content (AvgIpc) is 3.86. The fraction of sp³-hybridized carbons (Fsp3) is 0.0227. The summed E-state index contributed by atoms with van der Waals surface area (Å²) in [6, 6.07) is 36.3. The Morgan fingerprint density at radius 1 is 0.692 bits per heavy atom. The Kier molecular flexibility index (Phi) is 7.04. The van der Waals surface area contributed by atoms with Crippen molar-refractivity contribution in [2.45, 2.75) is 4.90 Å². The molecule has 5 aromatic carbocycles. The molecule has 52 heavy (non-hydrogen) atoms. The zero-order valence-electron chi connectivity index (χ0n) is 27.5. The summed E-state index contributed by atoms with van der Waals surface area (Å²) in [6.45, 7) is 0. The van der Waals surface area contributed by atoms with E-state index in [1.54, 1.807) is 48.2 Å². The van der Waals surface area contributed by atoms with E-state index in [9.17, 15) is 24.9 Å². The van der Waals surface area contributed by atoms with Gasteiger partial charge in [0.15, 0.2) is 17.3 Å². The van der Waals surface area contributed by atoms with E-state index >= 15 is 0 Å². The summed E-state index contributed by atoms with van der Waals surface area (Å²) in [5.74, 6) is -0.909. The predicted octanol–water partition coefficient (Wildman–Crippen LogP) is 9.25. The Morgan fingerprint density at radius 2 is 1.33 bits per heavy atom. The molecular weight excluding hydrogens is 665 g/mol. The number of allylic oxidation sites excluding steroid dienone is 6.